The van der Waals surface area contributed by atoms with E-state index in [-0.39, 0.29) is 11.8 Å². The van der Waals surface area contributed by atoms with E-state index in [0.717, 1.165) is 19.3 Å². The number of amides is 1. The number of hydrogen-bond acceptors (Lipinski definition) is 3. The van der Waals surface area contributed by atoms with Gasteiger partial charge in [-0.1, -0.05) is 6.42 Å². The summed E-state index contributed by atoms with van der Waals surface area (Å²) >= 11 is 0. The molecular weight excluding hydrogens is 194 g/mol. The number of rotatable bonds is 4. The lowest BCUT2D eigenvalue weighted by molar-refractivity contribution is -0.147. The second-order valence-corrected chi connectivity index (χ2v) is 4.50. The van der Waals surface area contributed by atoms with Gasteiger partial charge in [-0.15, -0.1) is 0 Å². The first-order valence-corrected chi connectivity index (χ1v) is 5.75. The van der Waals surface area contributed by atoms with Crippen LogP contribution in [0.15, 0.2) is 0 Å². The molecule has 1 amide bonds. The van der Waals surface area contributed by atoms with Gasteiger partial charge in [0.25, 0.3) is 0 Å². The van der Waals surface area contributed by atoms with Gasteiger partial charge in [-0.25, -0.2) is 0 Å². The molecule has 1 saturated carbocycles. The highest BCUT2D eigenvalue weighted by Gasteiger charge is 2.31. The van der Waals surface area contributed by atoms with Gasteiger partial charge in [0.2, 0.25) is 5.91 Å². The van der Waals surface area contributed by atoms with Crippen molar-refractivity contribution in [2.45, 2.75) is 38.4 Å². The Morgan fingerprint density at radius 2 is 2.07 bits per heavy atom. The van der Waals surface area contributed by atoms with Gasteiger partial charge in [-0.2, -0.15) is 0 Å². The van der Waals surface area contributed by atoms with Crippen LogP contribution < -0.4 is 5.32 Å². The second kappa shape index (κ2) is 4.49. The highest BCUT2D eigenvalue weighted by atomic mass is 16.7. The Kier molecular flexibility index (Phi) is 3.26. The average Bonchev–Trinajstić information content (AvgIpc) is 2.49. The van der Waals surface area contributed by atoms with Crippen molar-refractivity contribution >= 4 is 5.91 Å². The van der Waals surface area contributed by atoms with E-state index in [0.29, 0.717) is 19.8 Å². The first-order chi connectivity index (χ1) is 7.20. The van der Waals surface area contributed by atoms with Crippen molar-refractivity contribution in [3.63, 3.8) is 0 Å². The molecule has 86 valence electrons. The fourth-order valence-electron chi connectivity index (χ4n) is 1.93. The largest absolute Gasteiger partial charge is 0.356 e. The molecule has 0 spiro atoms. The molecular formula is C11H19NO3. The topological polar surface area (TPSA) is 47.6 Å². The van der Waals surface area contributed by atoms with Crippen LogP contribution in [0.1, 0.15) is 32.6 Å². The van der Waals surface area contributed by atoms with E-state index >= 15 is 0 Å². The molecule has 1 aliphatic carbocycles. The molecule has 2 aliphatic rings. The molecule has 2 fully saturated rings. The highest BCUT2D eigenvalue weighted by molar-refractivity contribution is 5.79. The Morgan fingerprint density at radius 3 is 2.60 bits per heavy atom. The first-order valence-electron chi connectivity index (χ1n) is 5.75. The van der Waals surface area contributed by atoms with Crippen molar-refractivity contribution in [1.82, 2.24) is 5.32 Å². The zero-order valence-corrected chi connectivity index (χ0v) is 9.25. The van der Waals surface area contributed by atoms with Gasteiger partial charge in [-0.05, 0) is 19.8 Å². The van der Waals surface area contributed by atoms with Crippen LogP contribution >= 0.6 is 0 Å². The van der Waals surface area contributed by atoms with Crippen molar-refractivity contribution in [2.75, 3.05) is 19.8 Å². The summed E-state index contributed by atoms with van der Waals surface area (Å²) in [6.45, 7) is 3.89. The lowest BCUT2D eigenvalue weighted by Gasteiger charge is -2.26. The molecule has 1 saturated heterocycles. The van der Waals surface area contributed by atoms with Crippen LogP contribution in [-0.2, 0) is 14.3 Å². The Hall–Kier alpha value is -0.610. The highest BCUT2D eigenvalue weighted by Crippen LogP contribution is 2.26. The average molecular weight is 213 g/mol. The van der Waals surface area contributed by atoms with Gasteiger partial charge in [-0.3, -0.25) is 4.79 Å². The third-order valence-electron chi connectivity index (χ3n) is 3.25. The molecule has 4 heteroatoms. The van der Waals surface area contributed by atoms with Gasteiger partial charge in [0.15, 0.2) is 5.79 Å². The Labute approximate surface area is 90.3 Å². The summed E-state index contributed by atoms with van der Waals surface area (Å²) in [5, 5.41) is 2.94. The zero-order valence-electron chi connectivity index (χ0n) is 9.25. The van der Waals surface area contributed by atoms with Crippen molar-refractivity contribution in [2.24, 2.45) is 5.92 Å². The molecule has 0 bridgehead atoms. The minimum atomic E-state index is -0.479. The molecule has 2 rings (SSSR count). The summed E-state index contributed by atoms with van der Waals surface area (Å²) in [5.74, 6) is -0.0153. The summed E-state index contributed by atoms with van der Waals surface area (Å²) in [7, 11) is 0. The van der Waals surface area contributed by atoms with Gasteiger partial charge in [0, 0.05) is 18.9 Å². The summed E-state index contributed by atoms with van der Waals surface area (Å²) in [6, 6.07) is 0. The fourth-order valence-corrected chi connectivity index (χ4v) is 1.93. The third kappa shape index (κ3) is 2.69. The molecule has 15 heavy (non-hydrogen) atoms. The van der Waals surface area contributed by atoms with Crippen LogP contribution in [0.3, 0.4) is 0 Å². The molecule has 0 aromatic carbocycles. The summed E-state index contributed by atoms with van der Waals surface area (Å²) in [5.41, 5.74) is 0. The van der Waals surface area contributed by atoms with Crippen LogP contribution in [0.25, 0.3) is 0 Å². The van der Waals surface area contributed by atoms with Crippen LogP contribution in [-0.4, -0.2) is 31.5 Å². The monoisotopic (exact) mass is 213 g/mol. The van der Waals surface area contributed by atoms with E-state index in [1.165, 1.54) is 6.42 Å². The van der Waals surface area contributed by atoms with E-state index < -0.39 is 5.79 Å². The molecule has 0 aromatic heterocycles. The number of ether oxygens (including phenoxy) is 2. The molecule has 4 nitrogen and oxygen atoms in total. The lowest BCUT2D eigenvalue weighted by atomic mass is 9.85. The van der Waals surface area contributed by atoms with Crippen LogP contribution in [0, 0.1) is 5.92 Å². The zero-order chi connectivity index (χ0) is 10.7. The Bertz CT molecular complexity index is 232. The van der Waals surface area contributed by atoms with E-state index in [1.807, 2.05) is 6.92 Å². The predicted molar refractivity (Wildman–Crippen MR) is 55.3 cm³/mol. The summed E-state index contributed by atoms with van der Waals surface area (Å²) in [4.78, 5) is 11.5. The molecule has 0 atom stereocenters. The smallest absolute Gasteiger partial charge is 0.223 e. The minimum Gasteiger partial charge on any atom is -0.356 e. The van der Waals surface area contributed by atoms with Crippen LogP contribution in [0.5, 0.6) is 0 Å². The maximum absolute atomic E-state index is 11.5. The normalized spacial score (nSPS) is 24.9. The molecule has 1 aliphatic heterocycles. The number of hydrogen-bond donors (Lipinski definition) is 1. The van der Waals surface area contributed by atoms with Gasteiger partial charge in [0.05, 0.1) is 13.2 Å². The maximum Gasteiger partial charge on any atom is 0.223 e. The van der Waals surface area contributed by atoms with Crippen molar-refractivity contribution in [1.29, 1.82) is 0 Å². The summed E-state index contributed by atoms with van der Waals surface area (Å²) in [6.07, 6.45) is 4.03. The molecule has 0 radical (unpaired) electrons. The van der Waals surface area contributed by atoms with Crippen molar-refractivity contribution < 1.29 is 14.3 Å². The van der Waals surface area contributed by atoms with Crippen molar-refractivity contribution in [3.8, 4) is 0 Å². The lowest BCUT2D eigenvalue weighted by Crippen LogP contribution is -2.38. The maximum atomic E-state index is 11.5. The number of nitrogens with one attached hydrogen (secondary N) is 1. The van der Waals surface area contributed by atoms with E-state index in [2.05, 4.69) is 5.32 Å². The standard InChI is InChI=1S/C11H19NO3/c1-11(14-7-8-15-11)5-6-12-10(13)9-3-2-4-9/h9H,2-8H2,1H3,(H,12,13). The third-order valence-corrected chi connectivity index (χ3v) is 3.25. The number of carbonyl (C=O) groups excluding carboxylic acids is 1. The van der Waals surface area contributed by atoms with Gasteiger partial charge in [0.1, 0.15) is 0 Å². The second-order valence-electron chi connectivity index (χ2n) is 4.50. The molecule has 0 aromatic rings. The van der Waals surface area contributed by atoms with Crippen molar-refractivity contribution in [3.05, 3.63) is 0 Å². The number of carbonyl (C=O) groups is 1. The van der Waals surface area contributed by atoms with E-state index in [9.17, 15) is 4.79 Å². The Balaban J connectivity index is 1.63. The Morgan fingerprint density at radius 1 is 1.40 bits per heavy atom. The molecule has 1 heterocycles. The first kappa shape index (κ1) is 10.9. The molecule has 1 N–H and O–H groups in total. The molecule has 0 unspecified atom stereocenters. The van der Waals surface area contributed by atoms with Gasteiger partial charge < -0.3 is 14.8 Å². The minimum absolute atomic E-state index is 0.197. The van der Waals surface area contributed by atoms with Crippen LogP contribution in [0.2, 0.25) is 0 Å². The van der Waals surface area contributed by atoms with Gasteiger partial charge >= 0.3 is 0 Å². The quantitative estimate of drug-likeness (QED) is 0.759. The SMILES string of the molecule is CC1(CCNC(=O)C2CCC2)OCCO1. The summed E-state index contributed by atoms with van der Waals surface area (Å²) < 4.78 is 10.9. The fraction of sp³-hybridized carbons (Fsp3) is 0.909. The van der Waals surface area contributed by atoms with E-state index in [4.69, 9.17) is 9.47 Å². The van der Waals surface area contributed by atoms with Crippen LogP contribution in [0.4, 0.5) is 0 Å². The van der Waals surface area contributed by atoms with E-state index in [1.54, 1.807) is 0 Å². The predicted octanol–water partition coefficient (Wildman–Crippen LogP) is 1.06.